The second kappa shape index (κ2) is 8.59. The zero-order chi connectivity index (χ0) is 15.0. The molecule has 0 aliphatic carbocycles. The summed E-state index contributed by atoms with van der Waals surface area (Å²) >= 11 is 0. The first kappa shape index (κ1) is 16.5. The van der Waals surface area contributed by atoms with Crippen LogP contribution in [0.25, 0.3) is 0 Å². The van der Waals surface area contributed by atoms with Crippen LogP contribution in [-0.2, 0) is 11.3 Å². The van der Waals surface area contributed by atoms with E-state index in [0.29, 0.717) is 19.7 Å². The summed E-state index contributed by atoms with van der Waals surface area (Å²) < 4.78 is 5.59. The highest BCUT2D eigenvalue weighted by Crippen LogP contribution is 2.20. The van der Waals surface area contributed by atoms with E-state index >= 15 is 0 Å². The molecule has 1 aromatic carbocycles. The standard InChI is InChI=1S/C16H26N2O2/c1-4-8-13(11-17)16(19)18(3)12-14-9-6-7-10-15(14)20-5-2/h6-7,9-10,13H,4-5,8,11-12,17H2,1-3H3. The summed E-state index contributed by atoms with van der Waals surface area (Å²) in [5.41, 5.74) is 6.72. The van der Waals surface area contributed by atoms with Gasteiger partial charge in [0.1, 0.15) is 5.75 Å². The molecule has 2 N–H and O–H groups in total. The molecule has 0 saturated carbocycles. The number of nitrogens with two attached hydrogens (primary N) is 1. The Balaban J connectivity index is 2.74. The molecule has 112 valence electrons. The zero-order valence-corrected chi connectivity index (χ0v) is 12.8. The van der Waals surface area contributed by atoms with Crippen LogP contribution in [0.15, 0.2) is 24.3 Å². The van der Waals surface area contributed by atoms with Gasteiger partial charge >= 0.3 is 0 Å². The van der Waals surface area contributed by atoms with Crippen LogP contribution in [0.3, 0.4) is 0 Å². The molecule has 0 aromatic heterocycles. The number of hydrogen-bond acceptors (Lipinski definition) is 3. The number of hydrogen-bond donors (Lipinski definition) is 1. The van der Waals surface area contributed by atoms with E-state index in [4.69, 9.17) is 10.5 Å². The first-order valence-electron chi connectivity index (χ1n) is 7.29. The molecule has 1 unspecified atom stereocenters. The van der Waals surface area contributed by atoms with Crippen LogP contribution in [0.2, 0.25) is 0 Å². The maximum Gasteiger partial charge on any atom is 0.226 e. The van der Waals surface area contributed by atoms with Crippen LogP contribution < -0.4 is 10.5 Å². The third kappa shape index (κ3) is 4.53. The van der Waals surface area contributed by atoms with Crippen molar-refractivity contribution in [2.45, 2.75) is 33.2 Å². The molecule has 0 aliphatic heterocycles. The van der Waals surface area contributed by atoms with E-state index in [2.05, 4.69) is 6.92 Å². The molecular formula is C16H26N2O2. The minimum absolute atomic E-state index is 0.0794. The molecule has 4 nitrogen and oxygen atoms in total. The largest absolute Gasteiger partial charge is 0.494 e. The topological polar surface area (TPSA) is 55.6 Å². The van der Waals surface area contributed by atoms with Gasteiger partial charge in [0, 0.05) is 25.7 Å². The summed E-state index contributed by atoms with van der Waals surface area (Å²) in [4.78, 5) is 14.1. The lowest BCUT2D eigenvalue weighted by Gasteiger charge is -2.23. The SMILES string of the molecule is CCCC(CN)C(=O)N(C)Cc1ccccc1OCC. The molecule has 1 rings (SSSR count). The molecular weight excluding hydrogens is 252 g/mol. The third-order valence-corrected chi connectivity index (χ3v) is 3.33. The van der Waals surface area contributed by atoms with Crippen molar-refractivity contribution in [1.29, 1.82) is 0 Å². The van der Waals surface area contributed by atoms with Gasteiger partial charge in [0.15, 0.2) is 0 Å². The second-order valence-corrected chi connectivity index (χ2v) is 4.96. The van der Waals surface area contributed by atoms with Gasteiger partial charge in [-0.3, -0.25) is 4.79 Å². The summed E-state index contributed by atoms with van der Waals surface area (Å²) in [5, 5.41) is 0. The smallest absolute Gasteiger partial charge is 0.226 e. The van der Waals surface area contributed by atoms with Crippen molar-refractivity contribution in [3.63, 3.8) is 0 Å². The Hall–Kier alpha value is -1.55. The van der Waals surface area contributed by atoms with E-state index in [0.717, 1.165) is 24.2 Å². The molecule has 0 bridgehead atoms. The van der Waals surface area contributed by atoms with Crippen LogP contribution in [0.1, 0.15) is 32.3 Å². The quantitative estimate of drug-likeness (QED) is 0.794. The summed E-state index contributed by atoms with van der Waals surface area (Å²) in [6.45, 7) is 5.60. The fourth-order valence-corrected chi connectivity index (χ4v) is 2.27. The van der Waals surface area contributed by atoms with Crippen LogP contribution in [0.5, 0.6) is 5.75 Å². The fraction of sp³-hybridized carbons (Fsp3) is 0.562. The highest BCUT2D eigenvalue weighted by molar-refractivity contribution is 5.78. The molecule has 1 amide bonds. The predicted molar refractivity (Wildman–Crippen MR) is 81.5 cm³/mol. The van der Waals surface area contributed by atoms with Gasteiger partial charge in [-0.25, -0.2) is 0 Å². The Morgan fingerprint density at radius 2 is 2.05 bits per heavy atom. The van der Waals surface area contributed by atoms with Crippen molar-refractivity contribution >= 4 is 5.91 Å². The number of amides is 1. The molecule has 0 spiro atoms. The molecule has 4 heteroatoms. The van der Waals surface area contributed by atoms with E-state index in [-0.39, 0.29) is 11.8 Å². The minimum atomic E-state index is -0.0794. The predicted octanol–water partition coefficient (Wildman–Crippen LogP) is 2.42. The van der Waals surface area contributed by atoms with Gasteiger partial charge in [0.25, 0.3) is 0 Å². The van der Waals surface area contributed by atoms with Gasteiger partial charge in [0.05, 0.1) is 12.5 Å². The summed E-state index contributed by atoms with van der Waals surface area (Å²) in [7, 11) is 1.82. The number of benzene rings is 1. The number of para-hydroxylation sites is 1. The van der Waals surface area contributed by atoms with Crippen molar-refractivity contribution in [3.8, 4) is 5.75 Å². The van der Waals surface area contributed by atoms with E-state index in [1.807, 2.05) is 38.2 Å². The van der Waals surface area contributed by atoms with Crippen LogP contribution >= 0.6 is 0 Å². The van der Waals surface area contributed by atoms with Gasteiger partial charge in [-0.15, -0.1) is 0 Å². The molecule has 1 atom stereocenters. The summed E-state index contributed by atoms with van der Waals surface area (Å²) in [6, 6.07) is 7.83. The summed E-state index contributed by atoms with van der Waals surface area (Å²) in [6.07, 6.45) is 1.81. The Bertz CT molecular complexity index is 421. The molecule has 1 aromatic rings. The van der Waals surface area contributed by atoms with Gasteiger partial charge in [-0.1, -0.05) is 31.5 Å². The molecule has 0 heterocycles. The Morgan fingerprint density at radius 1 is 1.35 bits per heavy atom. The first-order chi connectivity index (χ1) is 9.63. The summed E-state index contributed by atoms with van der Waals surface area (Å²) in [5.74, 6) is 0.874. The molecule has 20 heavy (non-hydrogen) atoms. The van der Waals surface area contributed by atoms with E-state index in [1.54, 1.807) is 4.90 Å². The third-order valence-electron chi connectivity index (χ3n) is 3.33. The second-order valence-electron chi connectivity index (χ2n) is 4.96. The molecule has 0 aliphatic rings. The zero-order valence-electron chi connectivity index (χ0n) is 12.8. The van der Waals surface area contributed by atoms with Gasteiger partial charge in [-0.05, 0) is 19.4 Å². The van der Waals surface area contributed by atoms with Crippen molar-refractivity contribution < 1.29 is 9.53 Å². The van der Waals surface area contributed by atoms with E-state index in [9.17, 15) is 4.79 Å². The van der Waals surface area contributed by atoms with Gasteiger partial charge in [0.2, 0.25) is 5.91 Å². The lowest BCUT2D eigenvalue weighted by atomic mass is 10.0. The maximum absolute atomic E-state index is 12.3. The lowest BCUT2D eigenvalue weighted by molar-refractivity contribution is -0.134. The number of carbonyl (C=O) groups is 1. The van der Waals surface area contributed by atoms with Gasteiger partial charge in [-0.2, -0.15) is 0 Å². The number of rotatable bonds is 8. The first-order valence-corrected chi connectivity index (χ1v) is 7.29. The van der Waals surface area contributed by atoms with Crippen LogP contribution in [0, 0.1) is 5.92 Å². The molecule has 0 fully saturated rings. The van der Waals surface area contributed by atoms with Crippen molar-refractivity contribution in [3.05, 3.63) is 29.8 Å². The average molecular weight is 278 g/mol. The molecule has 0 saturated heterocycles. The van der Waals surface area contributed by atoms with Crippen LogP contribution in [-0.4, -0.2) is 31.0 Å². The Morgan fingerprint density at radius 3 is 2.65 bits per heavy atom. The lowest BCUT2D eigenvalue weighted by Crippen LogP contribution is -2.36. The van der Waals surface area contributed by atoms with Gasteiger partial charge < -0.3 is 15.4 Å². The highest BCUT2D eigenvalue weighted by atomic mass is 16.5. The van der Waals surface area contributed by atoms with Crippen LogP contribution in [0.4, 0.5) is 0 Å². The fourth-order valence-electron chi connectivity index (χ4n) is 2.27. The monoisotopic (exact) mass is 278 g/mol. The molecule has 0 radical (unpaired) electrons. The number of ether oxygens (including phenoxy) is 1. The average Bonchev–Trinajstić information content (AvgIpc) is 2.46. The van der Waals surface area contributed by atoms with E-state index < -0.39 is 0 Å². The van der Waals surface area contributed by atoms with E-state index in [1.165, 1.54) is 0 Å². The minimum Gasteiger partial charge on any atom is -0.494 e. The normalized spacial score (nSPS) is 12.0. The Labute approximate surface area is 121 Å². The highest BCUT2D eigenvalue weighted by Gasteiger charge is 2.20. The van der Waals surface area contributed by atoms with Crippen molar-refractivity contribution in [2.75, 3.05) is 20.2 Å². The maximum atomic E-state index is 12.3. The number of carbonyl (C=O) groups excluding carboxylic acids is 1. The van der Waals surface area contributed by atoms with Crippen molar-refractivity contribution in [2.24, 2.45) is 11.7 Å². The number of nitrogens with zero attached hydrogens (tertiary/aromatic N) is 1. The van der Waals surface area contributed by atoms with Crippen molar-refractivity contribution in [1.82, 2.24) is 4.90 Å². The Kier molecular flexibility index (Phi) is 7.09.